The lowest BCUT2D eigenvalue weighted by Crippen LogP contribution is -2.27. The maximum Gasteiger partial charge on any atom is 0.109 e. The molecule has 0 spiro atoms. The van der Waals surface area contributed by atoms with Crippen molar-refractivity contribution < 1.29 is 0 Å². The molecule has 3 heteroatoms. The van der Waals surface area contributed by atoms with Crippen molar-refractivity contribution in [2.75, 3.05) is 13.1 Å². The first-order chi connectivity index (χ1) is 7.66. The Morgan fingerprint density at radius 1 is 1.31 bits per heavy atom. The molecule has 0 aromatic carbocycles. The minimum atomic E-state index is 0.640. The number of piperidine rings is 1. The molecule has 2 rings (SSSR count). The molecular weight excluding hydrogens is 198 g/mol. The van der Waals surface area contributed by atoms with Gasteiger partial charge in [-0.05, 0) is 45.2 Å². The SMILES string of the molecule is Cc1[nH]c(C2CCNCC2)nc1CC(C)C. The molecule has 1 aliphatic heterocycles. The van der Waals surface area contributed by atoms with E-state index in [9.17, 15) is 0 Å². The van der Waals surface area contributed by atoms with E-state index in [1.54, 1.807) is 0 Å². The monoisotopic (exact) mass is 221 g/mol. The zero-order valence-corrected chi connectivity index (χ0v) is 10.6. The standard InChI is InChI=1S/C13H23N3/c1-9(2)8-12-10(3)15-13(16-12)11-4-6-14-7-5-11/h9,11,14H,4-8H2,1-3H3,(H,15,16). The van der Waals surface area contributed by atoms with E-state index < -0.39 is 0 Å². The van der Waals surface area contributed by atoms with Crippen LogP contribution in [-0.2, 0) is 6.42 Å². The van der Waals surface area contributed by atoms with Gasteiger partial charge in [-0.3, -0.25) is 0 Å². The van der Waals surface area contributed by atoms with Crippen LogP contribution >= 0.6 is 0 Å². The highest BCUT2D eigenvalue weighted by molar-refractivity contribution is 5.16. The number of rotatable bonds is 3. The second-order valence-corrected chi connectivity index (χ2v) is 5.32. The van der Waals surface area contributed by atoms with Gasteiger partial charge in [0.25, 0.3) is 0 Å². The zero-order valence-electron chi connectivity index (χ0n) is 10.6. The lowest BCUT2D eigenvalue weighted by atomic mass is 9.98. The smallest absolute Gasteiger partial charge is 0.109 e. The number of nitrogens with zero attached hydrogens (tertiary/aromatic N) is 1. The molecule has 0 radical (unpaired) electrons. The molecule has 1 fully saturated rings. The maximum absolute atomic E-state index is 4.79. The van der Waals surface area contributed by atoms with E-state index in [-0.39, 0.29) is 0 Å². The summed E-state index contributed by atoms with van der Waals surface area (Å²) in [6.07, 6.45) is 3.52. The molecule has 1 saturated heterocycles. The van der Waals surface area contributed by atoms with Gasteiger partial charge in [-0.25, -0.2) is 4.98 Å². The summed E-state index contributed by atoms with van der Waals surface area (Å²) >= 11 is 0. The van der Waals surface area contributed by atoms with Crippen LogP contribution in [0.3, 0.4) is 0 Å². The summed E-state index contributed by atoms with van der Waals surface area (Å²) in [5.74, 6) is 2.54. The Balaban J connectivity index is 2.09. The molecular formula is C13H23N3. The van der Waals surface area contributed by atoms with Crippen LogP contribution in [0, 0.1) is 12.8 Å². The molecule has 1 aromatic heterocycles. The highest BCUT2D eigenvalue weighted by atomic mass is 15.0. The number of H-pyrrole nitrogens is 1. The summed E-state index contributed by atoms with van der Waals surface area (Å²) in [6.45, 7) is 8.90. The molecule has 3 nitrogen and oxygen atoms in total. The summed E-state index contributed by atoms with van der Waals surface area (Å²) in [4.78, 5) is 8.27. The van der Waals surface area contributed by atoms with Crippen LogP contribution in [0.4, 0.5) is 0 Å². The molecule has 90 valence electrons. The Hall–Kier alpha value is -0.830. The number of imidazole rings is 1. The molecule has 2 N–H and O–H groups in total. The summed E-state index contributed by atoms with van der Waals surface area (Å²) in [7, 11) is 0. The molecule has 0 unspecified atom stereocenters. The molecule has 0 bridgehead atoms. The molecule has 16 heavy (non-hydrogen) atoms. The fourth-order valence-electron chi connectivity index (χ4n) is 2.40. The van der Waals surface area contributed by atoms with E-state index in [0.717, 1.165) is 19.5 Å². The van der Waals surface area contributed by atoms with Crippen LogP contribution in [-0.4, -0.2) is 23.1 Å². The van der Waals surface area contributed by atoms with Gasteiger partial charge in [-0.1, -0.05) is 13.8 Å². The Morgan fingerprint density at radius 2 is 2.00 bits per heavy atom. The molecule has 2 heterocycles. The van der Waals surface area contributed by atoms with Gasteiger partial charge in [0.1, 0.15) is 5.82 Å². The van der Waals surface area contributed by atoms with E-state index in [0.29, 0.717) is 11.8 Å². The van der Waals surface area contributed by atoms with Crippen molar-refractivity contribution in [1.82, 2.24) is 15.3 Å². The van der Waals surface area contributed by atoms with Gasteiger partial charge < -0.3 is 10.3 Å². The first-order valence-corrected chi connectivity index (χ1v) is 6.43. The Labute approximate surface area is 98.1 Å². The van der Waals surface area contributed by atoms with E-state index in [1.807, 2.05) is 0 Å². The highest BCUT2D eigenvalue weighted by Crippen LogP contribution is 2.24. The van der Waals surface area contributed by atoms with Gasteiger partial charge in [-0.2, -0.15) is 0 Å². The summed E-state index contributed by atoms with van der Waals surface area (Å²) in [6, 6.07) is 0. The molecule has 0 aliphatic carbocycles. The van der Waals surface area contributed by atoms with Crippen LogP contribution < -0.4 is 5.32 Å². The number of aromatic nitrogens is 2. The fraction of sp³-hybridized carbons (Fsp3) is 0.769. The molecule has 0 amide bonds. The van der Waals surface area contributed by atoms with Crippen molar-refractivity contribution in [3.8, 4) is 0 Å². The average molecular weight is 221 g/mol. The maximum atomic E-state index is 4.79. The second kappa shape index (κ2) is 5.00. The third kappa shape index (κ3) is 2.64. The molecule has 1 aromatic rings. The van der Waals surface area contributed by atoms with E-state index >= 15 is 0 Å². The summed E-state index contributed by atoms with van der Waals surface area (Å²) in [5.41, 5.74) is 2.53. The molecule has 1 aliphatic rings. The number of hydrogen-bond acceptors (Lipinski definition) is 2. The largest absolute Gasteiger partial charge is 0.346 e. The molecule has 0 atom stereocenters. The van der Waals surface area contributed by atoms with Crippen molar-refractivity contribution in [2.45, 2.75) is 46.0 Å². The number of nitrogens with one attached hydrogen (secondary N) is 2. The number of aryl methyl sites for hydroxylation is 1. The predicted molar refractivity (Wildman–Crippen MR) is 66.7 cm³/mol. The van der Waals surface area contributed by atoms with Gasteiger partial charge in [0.05, 0.1) is 5.69 Å². The first-order valence-electron chi connectivity index (χ1n) is 6.43. The normalized spacial score (nSPS) is 18.2. The lowest BCUT2D eigenvalue weighted by Gasteiger charge is -2.20. The van der Waals surface area contributed by atoms with Crippen molar-refractivity contribution in [3.05, 3.63) is 17.2 Å². The zero-order chi connectivity index (χ0) is 11.5. The third-order valence-electron chi connectivity index (χ3n) is 3.33. The fourth-order valence-corrected chi connectivity index (χ4v) is 2.40. The van der Waals surface area contributed by atoms with Crippen LogP contribution in [0.5, 0.6) is 0 Å². The van der Waals surface area contributed by atoms with Gasteiger partial charge in [0.15, 0.2) is 0 Å². The highest BCUT2D eigenvalue weighted by Gasteiger charge is 2.19. The van der Waals surface area contributed by atoms with Crippen LogP contribution in [0.25, 0.3) is 0 Å². The number of hydrogen-bond donors (Lipinski definition) is 2. The lowest BCUT2D eigenvalue weighted by molar-refractivity contribution is 0.446. The Morgan fingerprint density at radius 3 is 2.62 bits per heavy atom. The Kier molecular flexibility index (Phi) is 3.64. The quantitative estimate of drug-likeness (QED) is 0.822. The average Bonchev–Trinajstić information content (AvgIpc) is 2.61. The van der Waals surface area contributed by atoms with Crippen LogP contribution in [0.2, 0.25) is 0 Å². The first kappa shape index (κ1) is 11.6. The van der Waals surface area contributed by atoms with Crippen LogP contribution in [0.1, 0.15) is 49.8 Å². The van der Waals surface area contributed by atoms with Crippen LogP contribution in [0.15, 0.2) is 0 Å². The topological polar surface area (TPSA) is 40.7 Å². The predicted octanol–water partition coefficient (Wildman–Crippen LogP) is 2.38. The van der Waals surface area contributed by atoms with Gasteiger partial charge >= 0.3 is 0 Å². The number of aromatic amines is 1. The molecule has 0 saturated carbocycles. The van der Waals surface area contributed by atoms with E-state index in [1.165, 1.54) is 30.1 Å². The van der Waals surface area contributed by atoms with E-state index in [4.69, 9.17) is 4.98 Å². The van der Waals surface area contributed by atoms with Gasteiger partial charge in [-0.15, -0.1) is 0 Å². The van der Waals surface area contributed by atoms with Gasteiger partial charge in [0, 0.05) is 11.6 Å². The minimum absolute atomic E-state index is 0.640. The van der Waals surface area contributed by atoms with Crippen molar-refractivity contribution in [1.29, 1.82) is 0 Å². The second-order valence-electron chi connectivity index (χ2n) is 5.32. The van der Waals surface area contributed by atoms with Crippen molar-refractivity contribution >= 4 is 0 Å². The third-order valence-corrected chi connectivity index (χ3v) is 3.33. The Bertz CT molecular complexity index is 335. The van der Waals surface area contributed by atoms with Crippen molar-refractivity contribution in [2.24, 2.45) is 5.92 Å². The minimum Gasteiger partial charge on any atom is -0.346 e. The van der Waals surface area contributed by atoms with Crippen molar-refractivity contribution in [3.63, 3.8) is 0 Å². The van der Waals surface area contributed by atoms with E-state index in [2.05, 4.69) is 31.1 Å². The summed E-state index contributed by atoms with van der Waals surface area (Å²) < 4.78 is 0. The van der Waals surface area contributed by atoms with Gasteiger partial charge in [0.2, 0.25) is 0 Å². The summed E-state index contributed by atoms with van der Waals surface area (Å²) in [5, 5.41) is 3.40.